The Hall–Kier alpha value is -3.94. The highest BCUT2D eigenvalue weighted by molar-refractivity contribution is 6.31. The van der Waals surface area contributed by atoms with Gasteiger partial charge < -0.3 is 15.1 Å². The maximum Gasteiger partial charge on any atom is 0.253 e. The second-order valence-corrected chi connectivity index (χ2v) is 12.2. The quantitative estimate of drug-likeness (QED) is 0.173. The van der Waals surface area contributed by atoms with Crippen molar-refractivity contribution in [3.8, 4) is 0 Å². The topological polar surface area (TPSA) is 68.8 Å². The SMILES string of the molecule is CCCC(=O)N(Cc1ccc(Nc2ccnc3cc(Cl)ccc23)cc1)C1CCN(Cc2ccc(C(=O)N(CC)CC)cc2)CC1. The van der Waals surface area contributed by atoms with Gasteiger partial charge >= 0.3 is 0 Å². The predicted molar refractivity (Wildman–Crippen MR) is 184 cm³/mol. The molecule has 1 aromatic heterocycles. The number of fused-ring (bicyclic) bond motifs is 1. The van der Waals surface area contributed by atoms with Crippen LogP contribution in [-0.4, -0.2) is 63.7 Å². The van der Waals surface area contributed by atoms with Crippen LogP contribution in [0.4, 0.5) is 11.4 Å². The number of anilines is 2. The van der Waals surface area contributed by atoms with Crippen LogP contribution >= 0.6 is 11.6 Å². The van der Waals surface area contributed by atoms with Crippen LogP contribution in [0.25, 0.3) is 10.9 Å². The molecule has 1 saturated heterocycles. The molecular formula is C37H44ClN5O2. The molecule has 1 aliphatic heterocycles. The first-order valence-corrected chi connectivity index (χ1v) is 16.6. The number of carbonyl (C=O) groups excluding carboxylic acids is 2. The van der Waals surface area contributed by atoms with Gasteiger partial charge in [-0.15, -0.1) is 0 Å². The average Bonchev–Trinajstić information content (AvgIpc) is 3.06. The maximum atomic E-state index is 13.3. The molecule has 0 aliphatic carbocycles. The van der Waals surface area contributed by atoms with E-state index in [1.807, 2.05) is 55.1 Å². The summed E-state index contributed by atoms with van der Waals surface area (Å²) in [4.78, 5) is 36.8. The van der Waals surface area contributed by atoms with E-state index in [-0.39, 0.29) is 17.9 Å². The number of pyridine rings is 1. The van der Waals surface area contributed by atoms with Gasteiger partial charge in [-0.25, -0.2) is 0 Å². The van der Waals surface area contributed by atoms with Crippen LogP contribution in [0, 0.1) is 0 Å². The molecule has 2 amide bonds. The first-order valence-electron chi connectivity index (χ1n) is 16.2. The van der Waals surface area contributed by atoms with Crippen LogP contribution in [0.15, 0.2) is 79.0 Å². The van der Waals surface area contributed by atoms with E-state index in [4.69, 9.17) is 11.6 Å². The molecule has 0 saturated carbocycles. The summed E-state index contributed by atoms with van der Waals surface area (Å²) in [5.41, 5.74) is 5.87. The number of likely N-dealkylation sites (tertiary alicyclic amines) is 1. The second kappa shape index (κ2) is 15.4. The Labute approximate surface area is 272 Å². The Kier molecular flexibility index (Phi) is 11.1. The van der Waals surface area contributed by atoms with E-state index in [9.17, 15) is 9.59 Å². The van der Waals surface area contributed by atoms with Gasteiger partial charge in [0, 0.05) is 85.3 Å². The standard InChI is InChI=1S/C37H44ClN5O2/c1-4-7-36(44)43(26-28-10-15-31(16-11-28)40-34-18-21-39-35-24-30(38)14-17-33(34)35)32-19-22-41(23-20-32)25-27-8-12-29(13-9-27)37(45)42(5-2)6-3/h8-18,21,24,32H,4-7,19-20,22-23,25-26H2,1-3H3,(H,39,40). The van der Waals surface area contributed by atoms with E-state index in [2.05, 4.69) is 63.4 Å². The van der Waals surface area contributed by atoms with Gasteiger partial charge in [0.05, 0.1) is 5.52 Å². The number of carbonyl (C=O) groups is 2. The summed E-state index contributed by atoms with van der Waals surface area (Å²) in [7, 11) is 0. The average molecular weight is 626 g/mol. The molecule has 0 bridgehead atoms. The summed E-state index contributed by atoms with van der Waals surface area (Å²) in [6.45, 7) is 10.9. The third-order valence-electron chi connectivity index (χ3n) is 8.73. The summed E-state index contributed by atoms with van der Waals surface area (Å²) in [6, 6.07) is 24.3. The van der Waals surface area contributed by atoms with Gasteiger partial charge in [0.25, 0.3) is 5.91 Å². The summed E-state index contributed by atoms with van der Waals surface area (Å²) in [5.74, 6) is 0.316. The highest BCUT2D eigenvalue weighted by Gasteiger charge is 2.28. The highest BCUT2D eigenvalue weighted by atomic mass is 35.5. The fourth-order valence-corrected chi connectivity index (χ4v) is 6.31. The number of nitrogens with one attached hydrogen (secondary N) is 1. The number of hydrogen-bond donors (Lipinski definition) is 1. The Bertz CT molecular complexity index is 1580. The molecule has 236 valence electrons. The van der Waals surface area contributed by atoms with Gasteiger partial charge in [-0.2, -0.15) is 0 Å². The first-order chi connectivity index (χ1) is 21.9. The number of nitrogens with zero attached hydrogens (tertiary/aromatic N) is 4. The smallest absolute Gasteiger partial charge is 0.253 e. The number of aromatic nitrogens is 1. The van der Waals surface area contributed by atoms with E-state index in [1.165, 1.54) is 5.56 Å². The molecule has 5 rings (SSSR count). The van der Waals surface area contributed by atoms with Crippen LogP contribution in [0.2, 0.25) is 5.02 Å². The number of piperidine rings is 1. The zero-order valence-electron chi connectivity index (χ0n) is 26.6. The Morgan fingerprint density at radius 3 is 2.27 bits per heavy atom. The number of halogens is 1. The molecule has 2 heterocycles. The van der Waals surface area contributed by atoms with Gasteiger partial charge in [0.1, 0.15) is 0 Å². The van der Waals surface area contributed by atoms with Crippen LogP contribution in [0.5, 0.6) is 0 Å². The van der Waals surface area contributed by atoms with Crippen LogP contribution in [-0.2, 0) is 17.9 Å². The van der Waals surface area contributed by atoms with Gasteiger partial charge in [-0.05, 0) is 92.8 Å². The maximum absolute atomic E-state index is 13.3. The lowest BCUT2D eigenvalue weighted by molar-refractivity contribution is -0.135. The second-order valence-electron chi connectivity index (χ2n) is 11.8. The number of amides is 2. The van der Waals surface area contributed by atoms with E-state index in [0.717, 1.165) is 72.3 Å². The Morgan fingerprint density at radius 1 is 0.911 bits per heavy atom. The zero-order chi connectivity index (χ0) is 31.8. The van der Waals surface area contributed by atoms with Gasteiger partial charge in [-0.1, -0.05) is 42.8 Å². The third kappa shape index (κ3) is 8.21. The minimum absolute atomic E-state index is 0.0863. The van der Waals surface area contributed by atoms with Crippen LogP contribution in [0.1, 0.15) is 67.9 Å². The van der Waals surface area contributed by atoms with Gasteiger partial charge in [0.2, 0.25) is 5.91 Å². The highest BCUT2D eigenvalue weighted by Crippen LogP contribution is 2.28. The van der Waals surface area contributed by atoms with Crippen molar-refractivity contribution in [3.63, 3.8) is 0 Å². The van der Waals surface area contributed by atoms with Crippen molar-refractivity contribution in [1.82, 2.24) is 19.7 Å². The van der Waals surface area contributed by atoms with Crippen LogP contribution in [0.3, 0.4) is 0 Å². The van der Waals surface area contributed by atoms with Crippen molar-refractivity contribution in [3.05, 3.63) is 101 Å². The molecule has 45 heavy (non-hydrogen) atoms. The van der Waals surface area contributed by atoms with Crippen molar-refractivity contribution in [2.24, 2.45) is 0 Å². The zero-order valence-corrected chi connectivity index (χ0v) is 27.4. The molecule has 0 atom stereocenters. The molecule has 1 aliphatic rings. The fourth-order valence-electron chi connectivity index (χ4n) is 6.15. The third-order valence-corrected chi connectivity index (χ3v) is 8.97. The Balaban J connectivity index is 1.19. The molecule has 1 fully saturated rings. The van der Waals surface area contributed by atoms with Crippen molar-refractivity contribution >= 4 is 45.7 Å². The normalized spacial score (nSPS) is 14.0. The molecule has 0 radical (unpaired) electrons. The van der Waals surface area contributed by atoms with Crippen LogP contribution < -0.4 is 5.32 Å². The Morgan fingerprint density at radius 2 is 1.60 bits per heavy atom. The van der Waals surface area contributed by atoms with Crippen molar-refractivity contribution in [2.45, 2.75) is 65.6 Å². The molecule has 7 nitrogen and oxygen atoms in total. The summed E-state index contributed by atoms with van der Waals surface area (Å²) in [5, 5.41) is 5.19. The minimum atomic E-state index is 0.0863. The molecule has 3 aromatic carbocycles. The summed E-state index contributed by atoms with van der Waals surface area (Å²) in [6.07, 6.45) is 5.09. The molecule has 0 unspecified atom stereocenters. The lowest BCUT2D eigenvalue weighted by atomic mass is 10.0. The number of rotatable bonds is 12. The van der Waals surface area contributed by atoms with E-state index >= 15 is 0 Å². The first kappa shape index (κ1) is 32.5. The van der Waals surface area contributed by atoms with Gasteiger partial charge in [-0.3, -0.25) is 19.5 Å². The van der Waals surface area contributed by atoms with Crippen molar-refractivity contribution in [2.75, 3.05) is 31.5 Å². The summed E-state index contributed by atoms with van der Waals surface area (Å²) < 4.78 is 0. The molecular weight excluding hydrogens is 582 g/mol. The van der Waals surface area contributed by atoms with Crippen molar-refractivity contribution in [1.29, 1.82) is 0 Å². The van der Waals surface area contributed by atoms with E-state index in [1.54, 1.807) is 6.20 Å². The van der Waals surface area contributed by atoms with E-state index in [0.29, 0.717) is 31.1 Å². The lowest BCUT2D eigenvalue weighted by Gasteiger charge is -2.39. The largest absolute Gasteiger partial charge is 0.355 e. The van der Waals surface area contributed by atoms with E-state index < -0.39 is 0 Å². The number of benzene rings is 3. The molecule has 0 spiro atoms. The van der Waals surface area contributed by atoms with Gasteiger partial charge in [0.15, 0.2) is 0 Å². The summed E-state index contributed by atoms with van der Waals surface area (Å²) >= 11 is 6.16. The minimum Gasteiger partial charge on any atom is -0.355 e. The molecule has 4 aromatic rings. The molecule has 1 N–H and O–H groups in total. The monoisotopic (exact) mass is 625 g/mol. The number of hydrogen-bond acceptors (Lipinski definition) is 5. The molecule has 8 heteroatoms. The van der Waals surface area contributed by atoms with Crippen molar-refractivity contribution < 1.29 is 9.59 Å². The lowest BCUT2D eigenvalue weighted by Crippen LogP contribution is -2.46. The fraction of sp³-hybridized carbons (Fsp3) is 0.378. The predicted octanol–water partition coefficient (Wildman–Crippen LogP) is 7.91.